The summed E-state index contributed by atoms with van der Waals surface area (Å²) in [6, 6.07) is 4.44. The van der Waals surface area contributed by atoms with Gasteiger partial charge < -0.3 is 4.52 Å². The van der Waals surface area contributed by atoms with Gasteiger partial charge in [0.15, 0.2) is 5.76 Å². The number of hydrogen-bond donors (Lipinski definition) is 0. The molecule has 8 heteroatoms. The van der Waals surface area contributed by atoms with Crippen molar-refractivity contribution in [1.82, 2.24) is 9.46 Å². The minimum Gasteiger partial charge on any atom is -0.360 e. The maximum Gasteiger partial charge on any atom is 0.221 e. The summed E-state index contributed by atoms with van der Waals surface area (Å²) in [4.78, 5) is 0. The van der Waals surface area contributed by atoms with E-state index in [0.717, 1.165) is 18.2 Å². The first kappa shape index (κ1) is 17.0. The molecule has 0 amide bonds. The lowest BCUT2D eigenvalue weighted by Crippen LogP contribution is -2.37. The third-order valence-corrected chi connectivity index (χ3v) is 5.99. The number of hydrogen-bond acceptors (Lipinski definition) is 4. The summed E-state index contributed by atoms with van der Waals surface area (Å²) >= 11 is 0. The summed E-state index contributed by atoms with van der Waals surface area (Å²) < 4.78 is 58.8. The van der Waals surface area contributed by atoms with Crippen molar-refractivity contribution in [3.05, 3.63) is 52.9 Å². The van der Waals surface area contributed by atoms with E-state index in [-0.39, 0.29) is 29.5 Å². The summed E-state index contributed by atoms with van der Waals surface area (Å²) in [5.41, 5.74) is 0.803. The van der Waals surface area contributed by atoms with Crippen molar-refractivity contribution in [2.24, 2.45) is 0 Å². The molecule has 0 spiro atoms. The lowest BCUT2D eigenvalue weighted by molar-refractivity contribution is 0.366. The third kappa shape index (κ3) is 3.64. The number of halogens is 2. The van der Waals surface area contributed by atoms with Gasteiger partial charge >= 0.3 is 0 Å². The monoisotopic (exact) mass is 356 g/mol. The Morgan fingerprint density at radius 2 is 2.12 bits per heavy atom. The molecule has 1 saturated heterocycles. The molecular weight excluding hydrogens is 338 g/mol. The molecule has 0 aliphatic carbocycles. The second-order valence-corrected chi connectivity index (χ2v) is 7.96. The Kier molecular flexibility index (Phi) is 4.69. The highest BCUT2D eigenvalue weighted by molar-refractivity contribution is 7.88. The number of aromatic nitrogens is 1. The Morgan fingerprint density at radius 3 is 2.83 bits per heavy atom. The second-order valence-electron chi connectivity index (χ2n) is 6.04. The van der Waals surface area contributed by atoms with Crippen LogP contribution >= 0.6 is 0 Å². The SMILES string of the molecule is Cc1cc(CS(=O)(=O)N2CCCC2Cc2cc(F)ccc2F)on1. The highest BCUT2D eigenvalue weighted by Crippen LogP contribution is 2.27. The predicted octanol–water partition coefficient (Wildman–Crippen LogP) is 2.80. The van der Waals surface area contributed by atoms with Crippen LogP contribution in [-0.4, -0.2) is 30.5 Å². The third-order valence-electron chi connectivity index (χ3n) is 4.15. The van der Waals surface area contributed by atoms with Crippen LogP contribution in [-0.2, 0) is 22.2 Å². The van der Waals surface area contributed by atoms with Crippen molar-refractivity contribution in [1.29, 1.82) is 0 Å². The Balaban J connectivity index is 1.78. The summed E-state index contributed by atoms with van der Waals surface area (Å²) in [5.74, 6) is -1.06. The normalized spacial score (nSPS) is 19.0. The zero-order chi connectivity index (χ0) is 17.3. The molecular formula is C16H18F2N2O3S. The molecule has 130 valence electrons. The molecule has 0 radical (unpaired) electrons. The van der Waals surface area contributed by atoms with Crippen molar-refractivity contribution < 1.29 is 21.7 Å². The molecule has 0 bridgehead atoms. The number of rotatable bonds is 5. The molecule has 1 unspecified atom stereocenters. The van der Waals surface area contributed by atoms with Gasteiger partial charge in [0.2, 0.25) is 10.0 Å². The maximum atomic E-state index is 13.8. The minimum atomic E-state index is -3.61. The minimum absolute atomic E-state index is 0.151. The van der Waals surface area contributed by atoms with E-state index in [9.17, 15) is 17.2 Å². The fourth-order valence-corrected chi connectivity index (χ4v) is 4.78. The van der Waals surface area contributed by atoms with Gasteiger partial charge in [-0.2, -0.15) is 4.31 Å². The van der Waals surface area contributed by atoms with Crippen molar-refractivity contribution in [3.8, 4) is 0 Å². The van der Waals surface area contributed by atoms with Gasteiger partial charge in [-0.05, 0) is 49.9 Å². The molecule has 2 aromatic rings. The van der Waals surface area contributed by atoms with Gasteiger partial charge in [-0.15, -0.1) is 0 Å². The predicted molar refractivity (Wildman–Crippen MR) is 83.7 cm³/mol. The Hall–Kier alpha value is -1.80. The summed E-state index contributed by atoms with van der Waals surface area (Å²) in [5, 5.41) is 3.69. The van der Waals surface area contributed by atoms with E-state index in [0.29, 0.717) is 25.1 Å². The highest BCUT2D eigenvalue weighted by atomic mass is 32.2. The zero-order valence-electron chi connectivity index (χ0n) is 13.2. The molecule has 0 N–H and O–H groups in total. The van der Waals surface area contributed by atoms with Gasteiger partial charge in [-0.1, -0.05) is 5.16 Å². The van der Waals surface area contributed by atoms with Crippen molar-refractivity contribution in [3.63, 3.8) is 0 Å². The second kappa shape index (κ2) is 6.60. The average Bonchev–Trinajstić information content (AvgIpc) is 3.12. The molecule has 5 nitrogen and oxygen atoms in total. The van der Waals surface area contributed by atoms with Gasteiger partial charge in [0.05, 0.1) is 5.69 Å². The Bertz CT molecular complexity index is 836. The fourth-order valence-electron chi connectivity index (χ4n) is 3.08. The van der Waals surface area contributed by atoms with Crippen LogP contribution in [0.4, 0.5) is 8.78 Å². The van der Waals surface area contributed by atoms with Gasteiger partial charge in [-0.25, -0.2) is 17.2 Å². The van der Waals surface area contributed by atoms with E-state index in [2.05, 4.69) is 5.16 Å². The molecule has 3 rings (SSSR count). The van der Waals surface area contributed by atoms with Crippen LogP contribution in [0.3, 0.4) is 0 Å². The molecule has 24 heavy (non-hydrogen) atoms. The van der Waals surface area contributed by atoms with E-state index < -0.39 is 21.7 Å². The lowest BCUT2D eigenvalue weighted by atomic mass is 10.0. The van der Waals surface area contributed by atoms with Crippen LogP contribution in [0.1, 0.15) is 29.9 Å². The molecule has 1 atom stereocenters. The highest BCUT2D eigenvalue weighted by Gasteiger charge is 2.35. The molecule has 1 aliphatic heterocycles. The number of nitrogens with zero attached hydrogens (tertiary/aromatic N) is 2. The van der Waals surface area contributed by atoms with Crippen molar-refractivity contribution in [2.45, 2.75) is 38.0 Å². The largest absolute Gasteiger partial charge is 0.360 e. The summed E-state index contributed by atoms with van der Waals surface area (Å²) in [6.07, 6.45) is 1.46. The van der Waals surface area contributed by atoms with Crippen LogP contribution in [0.25, 0.3) is 0 Å². The molecule has 1 aromatic heterocycles. The zero-order valence-corrected chi connectivity index (χ0v) is 14.0. The fraction of sp³-hybridized carbons (Fsp3) is 0.438. The quantitative estimate of drug-likeness (QED) is 0.826. The van der Waals surface area contributed by atoms with Gasteiger partial charge in [0, 0.05) is 18.7 Å². The first-order valence-corrected chi connectivity index (χ1v) is 9.32. The van der Waals surface area contributed by atoms with Crippen LogP contribution < -0.4 is 0 Å². The van der Waals surface area contributed by atoms with E-state index in [1.54, 1.807) is 13.0 Å². The van der Waals surface area contributed by atoms with Crippen LogP contribution in [0.15, 0.2) is 28.8 Å². The number of sulfonamides is 1. The van der Waals surface area contributed by atoms with Crippen LogP contribution in [0, 0.1) is 18.6 Å². The summed E-state index contributed by atoms with van der Waals surface area (Å²) in [6.45, 7) is 2.09. The first-order chi connectivity index (χ1) is 11.3. The van der Waals surface area contributed by atoms with Gasteiger partial charge in [-0.3, -0.25) is 0 Å². The standard InChI is InChI=1S/C16H18F2N2O3S/c1-11-7-15(23-19-11)10-24(21,22)20-6-2-3-14(20)9-12-8-13(17)4-5-16(12)18/h4-5,7-8,14H,2-3,6,9-10H2,1H3. The summed E-state index contributed by atoms with van der Waals surface area (Å²) in [7, 11) is -3.61. The Labute approximate surface area is 139 Å². The van der Waals surface area contributed by atoms with Crippen molar-refractivity contribution >= 4 is 10.0 Å². The molecule has 2 heterocycles. The molecule has 1 aliphatic rings. The van der Waals surface area contributed by atoms with Gasteiger partial charge in [0.1, 0.15) is 17.4 Å². The molecule has 0 saturated carbocycles. The van der Waals surface area contributed by atoms with Crippen LogP contribution in [0.5, 0.6) is 0 Å². The smallest absolute Gasteiger partial charge is 0.221 e. The Morgan fingerprint density at radius 1 is 1.33 bits per heavy atom. The maximum absolute atomic E-state index is 13.8. The van der Waals surface area contributed by atoms with Crippen molar-refractivity contribution in [2.75, 3.05) is 6.54 Å². The van der Waals surface area contributed by atoms with E-state index in [1.807, 2.05) is 0 Å². The van der Waals surface area contributed by atoms with Crippen LogP contribution in [0.2, 0.25) is 0 Å². The lowest BCUT2D eigenvalue weighted by Gasteiger charge is -2.23. The van der Waals surface area contributed by atoms with Gasteiger partial charge in [0.25, 0.3) is 0 Å². The first-order valence-electron chi connectivity index (χ1n) is 7.71. The molecule has 1 fully saturated rings. The van der Waals surface area contributed by atoms with E-state index >= 15 is 0 Å². The van der Waals surface area contributed by atoms with E-state index in [1.165, 1.54) is 4.31 Å². The van der Waals surface area contributed by atoms with E-state index in [4.69, 9.17) is 4.52 Å². The average molecular weight is 356 g/mol. The number of benzene rings is 1. The molecule has 1 aromatic carbocycles. The number of aryl methyl sites for hydroxylation is 1. The topological polar surface area (TPSA) is 63.4 Å².